The molecule has 0 aliphatic carbocycles. The summed E-state index contributed by atoms with van der Waals surface area (Å²) in [5.74, 6) is -0.496. The number of hydrogen-bond acceptors (Lipinski definition) is 5. The minimum Gasteiger partial charge on any atom is -0.335 e. The van der Waals surface area contributed by atoms with Gasteiger partial charge in [-0.15, -0.1) is 5.10 Å². The molecule has 0 unspecified atom stereocenters. The second kappa shape index (κ2) is 6.79. The van der Waals surface area contributed by atoms with Crippen LogP contribution in [-0.4, -0.2) is 50.5 Å². The van der Waals surface area contributed by atoms with Gasteiger partial charge in [0.1, 0.15) is 12.9 Å². The molecule has 22 heavy (non-hydrogen) atoms. The third-order valence-corrected chi connectivity index (χ3v) is 3.37. The second-order valence-electron chi connectivity index (χ2n) is 5.05. The number of hydrogen-bond donors (Lipinski definition) is 1. The summed E-state index contributed by atoms with van der Waals surface area (Å²) in [6.07, 6.45) is 1.35. The van der Waals surface area contributed by atoms with Crippen molar-refractivity contribution in [1.82, 2.24) is 25.1 Å². The first kappa shape index (κ1) is 15.6. The Kier molecular flexibility index (Phi) is 4.82. The Bertz CT molecular complexity index is 668. The van der Waals surface area contributed by atoms with Crippen LogP contribution in [0.2, 0.25) is 0 Å². The first-order chi connectivity index (χ1) is 10.5. The summed E-state index contributed by atoms with van der Waals surface area (Å²) in [4.78, 5) is 25.3. The Hall–Kier alpha value is -2.77. The molecule has 0 saturated heterocycles. The summed E-state index contributed by atoms with van der Waals surface area (Å²) in [7, 11) is 1.56. The van der Waals surface area contributed by atoms with Gasteiger partial charge in [-0.25, -0.2) is 4.68 Å². The lowest BCUT2D eigenvalue weighted by Crippen LogP contribution is -2.37. The highest BCUT2D eigenvalue weighted by Gasteiger charge is 2.14. The Morgan fingerprint density at radius 3 is 2.77 bits per heavy atom. The van der Waals surface area contributed by atoms with E-state index in [4.69, 9.17) is 0 Å². The largest absolute Gasteiger partial charge is 0.335 e. The molecule has 0 fully saturated rings. The van der Waals surface area contributed by atoms with Crippen molar-refractivity contribution in [2.45, 2.75) is 20.4 Å². The molecule has 0 saturated carbocycles. The highest BCUT2D eigenvalue weighted by Crippen LogP contribution is 2.17. The van der Waals surface area contributed by atoms with Crippen molar-refractivity contribution in [1.29, 1.82) is 0 Å². The SMILES string of the molecule is Cc1cccc(NC(=O)CN(C)C(=O)Cn2cnnn2)c1C. The standard InChI is InChI=1S/C14H18N6O2/c1-10-5-4-6-12(11(10)2)16-13(21)7-19(3)14(22)8-20-9-15-17-18-20/h4-6,9H,7-8H2,1-3H3,(H,16,21). The molecule has 1 heterocycles. The molecule has 1 aromatic heterocycles. The monoisotopic (exact) mass is 302 g/mol. The number of amides is 2. The first-order valence-corrected chi connectivity index (χ1v) is 6.78. The lowest BCUT2D eigenvalue weighted by Gasteiger charge is -2.17. The van der Waals surface area contributed by atoms with E-state index >= 15 is 0 Å². The number of aryl methyl sites for hydroxylation is 1. The molecule has 8 nitrogen and oxygen atoms in total. The van der Waals surface area contributed by atoms with Crippen LogP contribution < -0.4 is 5.32 Å². The molecule has 2 aromatic rings. The van der Waals surface area contributed by atoms with Crippen LogP contribution in [0.3, 0.4) is 0 Å². The number of nitrogens with zero attached hydrogens (tertiary/aromatic N) is 5. The van der Waals surface area contributed by atoms with Crippen LogP contribution in [-0.2, 0) is 16.1 Å². The van der Waals surface area contributed by atoms with Gasteiger partial charge in [-0.3, -0.25) is 9.59 Å². The molecule has 2 rings (SSSR count). The van der Waals surface area contributed by atoms with Crippen LogP contribution in [0, 0.1) is 13.8 Å². The Labute approximate surface area is 128 Å². The summed E-state index contributed by atoms with van der Waals surface area (Å²) >= 11 is 0. The maximum absolute atomic E-state index is 12.0. The zero-order valence-corrected chi connectivity index (χ0v) is 12.8. The van der Waals surface area contributed by atoms with E-state index in [-0.39, 0.29) is 24.9 Å². The molecule has 0 atom stereocenters. The fraction of sp³-hybridized carbons (Fsp3) is 0.357. The van der Waals surface area contributed by atoms with Gasteiger partial charge in [-0.1, -0.05) is 12.1 Å². The topological polar surface area (TPSA) is 93.0 Å². The van der Waals surface area contributed by atoms with Crippen LogP contribution in [0.25, 0.3) is 0 Å². The fourth-order valence-electron chi connectivity index (χ4n) is 1.89. The van der Waals surface area contributed by atoms with Gasteiger partial charge in [0, 0.05) is 12.7 Å². The molecule has 0 aliphatic rings. The molecule has 0 radical (unpaired) electrons. The van der Waals surface area contributed by atoms with Crippen LogP contribution in [0.5, 0.6) is 0 Å². The number of rotatable bonds is 5. The Balaban J connectivity index is 1.91. The number of likely N-dealkylation sites (N-methyl/N-ethyl adjacent to an activating group) is 1. The predicted molar refractivity (Wildman–Crippen MR) is 80.0 cm³/mol. The van der Waals surface area contributed by atoms with E-state index in [2.05, 4.69) is 20.8 Å². The summed E-state index contributed by atoms with van der Waals surface area (Å²) < 4.78 is 1.31. The molecule has 0 bridgehead atoms. The van der Waals surface area contributed by atoms with Crippen LogP contribution >= 0.6 is 0 Å². The smallest absolute Gasteiger partial charge is 0.244 e. The van der Waals surface area contributed by atoms with Gasteiger partial charge in [-0.2, -0.15) is 0 Å². The first-order valence-electron chi connectivity index (χ1n) is 6.78. The lowest BCUT2D eigenvalue weighted by molar-refractivity contribution is -0.134. The highest BCUT2D eigenvalue weighted by molar-refractivity contribution is 5.95. The molecule has 0 aliphatic heterocycles. The Morgan fingerprint density at radius 2 is 2.09 bits per heavy atom. The number of tetrazole rings is 1. The molecule has 1 N–H and O–H groups in total. The Morgan fingerprint density at radius 1 is 1.32 bits per heavy atom. The van der Waals surface area contributed by atoms with Crippen molar-refractivity contribution in [2.24, 2.45) is 0 Å². The van der Waals surface area contributed by atoms with E-state index < -0.39 is 0 Å². The van der Waals surface area contributed by atoms with Crippen molar-refractivity contribution in [2.75, 3.05) is 18.9 Å². The van der Waals surface area contributed by atoms with Crippen molar-refractivity contribution >= 4 is 17.5 Å². The highest BCUT2D eigenvalue weighted by atomic mass is 16.2. The number of aromatic nitrogens is 4. The number of carbonyl (C=O) groups excluding carboxylic acids is 2. The molecular weight excluding hydrogens is 284 g/mol. The third kappa shape index (κ3) is 3.87. The average Bonchev–Trinajstić information content (AvgIpc) is 2.96. The van der Waals surface area contributed by atoms with Crippen molar-refractivity contribution in [3.63, 3.8) is 0 Å². The van der Waals surface area contributed by atoms with Gasteiger partial charge >= 0.3 is 0 Å². The quantitative estimate of drug-likeness (QED) is 0.862. The van der Waals surface area contributed by atoms with Crippen LogP contribution in [0.15, 0.2) is 24.5 Å². The maximum Gasteiger partial charge on any atom is 0.244 e. The maximum atomic E-state index is 12.0. The van der Waals surface area contributed by atoms with E-state index in [1.165, 1.54) is 15.9 Å². The van der Waals surface area contributed by atoms with E-state index in [0.29, 0.717) is 0 Å². The van der Waals surface area contributed by atoms with Gasteiger partial charge < -0.3 is 10.2 Å². The van der Waals surface area contributed by atoms with Crippen molar-refractivity contribution < 1.29 is 9.59 Å². The van der Waals surface area contributed by atoms with Gasteiger partial charge in [0.25, 0.3) is 0 Å². The predicted octanol–water partition coefficient (Wildman–Crippen LogP) is 0.387. The molecule has 0 spiro atoms. The van der Waals surface area contributed by atoms with E-state index in [1.807, 2.05) is 32.0 Å². The minimum atomic E-state index is -0.249. The van der Waals surface area contributed by atoms with Gasteiger partial charge in [0.2, 0.25) is 11.8 Å². The number of benzene rings is 1. The lowest BCUT2D eigenvalue weighted by atomic mass is 10.1. The molecule has 8 heteroatoms. The fourth-order valence-corrected chi connectivity index (χ4v) is 1.89. The second-order valence-corrected chi connectivity index (χ2v) is 5.05. The zero-order valence-electron chi connectivity index (χ0n) is 12.8. The number of carbonyl (C=O) groups is 2. The number of anilines is 1. The molecular formula is C14H18N6O2. The minimum absolute atomic E-state index is 0.000251. The molecule has 116 valence electrons. The zero-order chi connectivity index (χ0) is 16.1. The van der Waals surface area contributed by atoms with Gasteiger partial charge in [0.05, 0.1) is 6.54 Å². The molecule has 1 aromatic carbocycles. The summed E-state index contributed by atoms with van der Waals surface area (Å²) in [6.45, 7) is 3.89. The summed E-state index contributed by atoms with van der Waals surface area (Å²) in [5, 5.41) is 13.3. The van der Waals surface area contributed by atoms with E-state index in [0.717, 1.165) is 16.8 Å². The number of nitrogens with one attached hydrogen (secondary N) is 1. The molecule has 2 amide bonds. The average molecular weight is 302 g/mol. The van der Waals surface area contributed by atoms with Crippen LogP contribution in [0.1, 0.15) is 11.1 Å². The van der Waals surface area contributed by atoms with E-state index in [9.17, 15) is 9.59 Å². The van der Waals surface area contributed by atoms with Crippen molar-refractivity contribution in [3.05, 3.63) is 35.7 Å². The van der Waals surface area contributed by atoms with Crippen molar-refractivity contribution in [3.8, 4) is 0 Å². The summed E-state index contributed by atoms with van der Waals surface area (Å²) in [5.41, 5.74) is 2.87. The van der Waals surface area contributed by atoms with Gasteiger partial charge in [0.15, 0.2) is 0 Å². The normalized spacial score (nSPS) is 10.3. The van der Waals surface area contributed by atoms with E-state index in [1.54, 1.807) is 7.05 Å². The summed E-state index contributed by atoms with van der Waals surface area (Å²) in [6, 6.07) is 5.69. The van der Waals surface area contributed by atoms with Crippen LogP contribution in [0.4, 0.5) is 5.69 Å². The van der Waals surface area contributed by atoms with Gasteiger partial charge in [-0.05, 0) is 41.5 Å². The third-order valence-electron chi connectivity index (χ3n) is 3.37.